The third-order valence-corrected chi connectivity index (χ3v) is 4.32. The monoisotopic (exact) mass is 296 g/mol. The lowest BCUT2D eigenvalue weighted by molar-refractivity contribution is 0.198. The molecule has 2 aromatic carbocycles. The molecule has 22 heavy (non-hydrogen) atoms. The molecule has 1 aliphatic rings. The number of hydrogen-bond donors (Lipinski definition) is 1. The molecule has 3 heteroatoms. The molecule has 1 fully saturated rings. The molecule has 0 spiro atoms. The topological polar surface area (TPSA) is 24.5 Å². The van der Waals surface area contributed by atoms with Gasteiger partial charge in [-0.3, -0.25) is 4.90 Å². The molecule has 1 N–H and O–H groups in total. The highest BCUT2D eigenvalue weighted by Gasteiger charge is 2.24. The first-order chi connectivity index (χ1) is 10.8. The summed E-state index contributed by atoms with van der Waals surface area (Å²) < 4.78 is 5.42. The van der Waals surface area contributed by atoms with Gasteiger partial charge in [-0.25, -0.2) is 0 Å². The standard InChI is InChI=1S/C19H24N2O/c1-15-6-8-16(9-7-15)19(21-12-10-20-11-13-21)17-4-3-5-18(14-17)22-2/h3-9,14,19-20H,10-13H2,1-2H3. The summed E-state index contributed by atoms with van der Waals surface area (Å²) in [6.45, 7) is 6.36. The molecule has 3 nitrogen and oxygen atoms in total. The van der Waals surface area contributed by atoms with Gasteiger partial charge in [0.15, 0.2) is 0 Å². The van der Waals surface area contributed by atoms with E-state index in [4.69, 9.17) is 4.74 Å². The maximum Gasteiger partial charge on any atom is 0.119 e. The fourth-order valence-corrected chi connectivity index (χ4v) is 3.11. The third-order valence-electron chi connectivity index (χ3n) is 4.32. The molecule has 3 rings (SSSR count). The molecule has 0 aromatic heterocycles. The molecule has 2 aromatic rings. The van der Waals surface area contributed by atoms with Crippen LogP contribution in [0, 0.1) is 6.92 Å². The van der Waals surface area contributed by atoms with Crippen molar-refractivity contribution in [2.45, 2.75) is 13.0 Å². The van der Waals surface area contributed by atoms with Crippen molar-refractivity contribution < 1.29 is 4.74 Å². The van der Waals surface area contributed by atoms with Gasteiger partial charge in [0.05, 0.1) is 13.2 Å². The molecule has 1 unspecified atom stereocenters. The number of benzene rings is 2. The average Bonchev–Trinajstić information content (AvgIpc) is 2.58. The average molecular weight is 296 g/mol. The van der Waals surface area contributed by atoms with Crippen LogP contribution in [0.3, 0.4) is 0 Å². The van der Waals surface area contributed by atoms with Gasteiger partial charge in [0.2, 0.25) is 0 Å². The Labute approximate surface area is 132 Å². The van der Waals surface area contributed by atoms with E-state index in [1.807, 2.05) is 6.07 Å². The van der Waals surface area contributed by atoms with Gasteiger partial charge in [-0.05, 0) is 30.2 Å². The molecule has 1 saturated heterocycles. The fourth-order valence-electron chi connectivity index (χ4n) is 3.11. The van der Waals surface area contributed by atoms with Crippen LogP contribution in [0.15, 0.2) is 48.5 Å². The van der Waals surface area contributed by atoms with E-state index in [0.717, 1.165) is 31.9 Å². The first-order valence-corrected chi connectivity index (χ1v) is 7.93. The lowest BCUT2D eigenvalue weighted by Gasteiger charge is -2.35. The molecule has 0 saturated carbocycles. The minimum Gasteiger partial charge on any atom is -0.497 e. The Morgan fingerprint density at radius 2 is 1.73 bits per heavy atom. The fraction of sp³-hybridized carbons (Fsp3) is 0.368. The zero-order valence-corrected chi connectivity index (χ0v) is 13.4. The molecule has 116 valence electrons. The Hall–Kier alpha value is -1.84. The van der Waals surface area contributed by atoms with Crippen molar-refractivity contribution in [3.8, 4) is 5.75 Å². The lowest BCUT2D eigenvalue weighted by Crippen LogP contribution is -2.45. The highest BCUT2D eigenvalue weighted by molar-refractivity contribution is 5.37. The van der Waals surface area contributed by atoms with E-state index < -0.39 is 0 Å². The molecule has 1 atom stereocenters. The van der Waals surface area contributed by atoms with E-state index in [2.05, 4.69) is 59.6 Å². The SMILES string of the molecule is COc1cccc(C(c2ccc(C)cc2)N2CCNCC2)c1. The summed E-state index contributed by atoms with van der Waals surface area (Å²) in [6.07, 6.45) is 0. The first kappa shape index (κ1) is 15.1. The highest BCUT2D eigenvalue weighted by Crippen LogP contribution is 2.31. The second-order valence-corrected chi connectivity index (χ2v) is 5.88. The van der Waals surface area contributed by atoms with Gasteiger partial charge in [-0.15, -0.1) is 0 Å². The van der Waals surface area contributed by atoms with E-state index in [0.29, 0.717) is 0 Å². The quantitative estimate of drug-likeness (QED) is 0.938. The number of rotatable bonds is 4. The van der Waals surface area contributed by atoms with Crippen molar-refractivity contribution in [2.24, 2.45) is 0 Å². The summed E-state index contributed by atoms with van der Waals surface area (Å²) in [5.74, 6) is 0.921. The van der Waals surface area contributed by atoms with Crippen LogP contribution in [-0.4, -0.2) is 38.2 Å². The summed E-state index contributed by atoms with van der Waals surface area (Å²) in [4.78, 5) is 2.55. The predicted molar refractivity (Wildman–Crippen MR) is 90.5 cm³/mol. The van der Waals surface area contributed by atoms with E-state index >= 15 is 0 Å². The van der Waals surface area contributed by atoms with Crippen molar-refractivity contribution >= 4 is 0 Å². The third kappa shape index (κ3) is 3.32. The molecule has 0 aliphatic carbocycles. The smallest absolute Gasteiger partial charge is 0.119 e. The molecular formula is C19H24N2O. The van der Waals surface area contributed by atoms with Gasteiger partial charge < -0.3 is 10.1 Å². The zero-order valence-electron chi connectivity index (χ0n) is 13.4. The molecular weight excluding hydrogens is 272 g/mol. The Morgan fingerprint density at radius 3 is 2.41 bits per heavy atom. The van der Waals surface area contributed by atoms with Gasteiger partial charge in [0.25, 0.3) is 0 Å². The second-order valence-electron chi connectivity index (χ2n) is 5.88. The molecule has 0 radical (unpaired) electrons. The van der Waals surface area contributed by atoms with Crippen molar-refractivity contribution in [3.05, 3.63) is 65.2 Å². The van der Waals surface area contributed by atoms with Crippen LogP contribution in [0.25, 0.3) is 0 Å². The Morgan fingerprint density at radius 1 is 1.00 bits per heavy atom. The van der Waals surface area contributed by atoms with Crippen LogP contribution < -0.4 is 10.1 Å². The van der Waals surface area contributed by atoms with Crippen LogP contribution in [0.4, 0.5) is 0 Å². The van der Waals surface area contributed by atoms with Gasteiger partial charge >= 0.3 is 0 Å². The van der Waals surface area contributed by atoms with Crippen LogP contribution in [-0.2, 0) is 0 Å². The summed E-state index contributed by atoms with van der Waals surface area (Å²) in [5, 5.41) is 3.44. The largest absolute Gasteiger partial charge is 0.497 e. The van der Waals surface area contributed by atoms with Crippen molar-refractivity contribution in [1.29, 1.82) is 0 Å². The van der Waals surface area contributed by atoms with Crippen LogP contribution in [0.2, 0.25) is 0 Å². The normalized spacial score (nSPS) is 17.2. The summed E-state index contributed by atoms with van der Waals surface area (Å²) >= 11 is 0. The lowest BCUT2D eigenvalue weighted by atomic mass is 9.95. The Bertz CT molecular complexity index is 603. The van der Waals surface area contributed by atoms with E-state index in [9.17, 15) is 0 Å². The van der Waals surface area contributed by atoms with Crippen LogP contribution in [0.5, 0.6) is 5.75 Å². The van der Waals surface area contributed by atoms with Crippen molar-refractivity contribution in [1.82, 2.24) is 10.2 Å². The molecule has 0 bridgehead atoms. The molecule has 1 heterocycles. The van der Waals surface area contributed by atoms with Gasteiger partial charge in [0.1, 0.15) is 5.75 Å². The number of piperazine rings is 1. The Balaban J connectivity index is 1.99. The molecule has 1 aliphatic heterocycles. The number of aryl methyl sites for hydroxylation is 1. The number of nitrogens with one attached hydrogen (secondary N) is 1. The van der Waals surface area contributed by atoms with E-state index in [-0.39, 0.29) is 6.04 Å². The number of hydrogen-bond acceptors (Lipinski definition) is 3. The first-order valence-electron chi connectivity index (χ1n) is 7.93. The highest BCUT2D eigenvalue weighted by atomic mass is 16.5. The van der Waals surface area contributed by atoms with Crippen LogP contribution in [0.1, 0.15) is 22.7 Å². The number of nitrogens with zero attached hydrogens (tertiary/aromatic N) is 1. The van der Waals surface area contributed by atoms with E-state index in [1.54, 1.807) is 7.11 Å². The summed E-state index contributed by atoms with van der Waals surface area (Å²) in [7, 11) is 1.73. The number of methoxy groups -OCH3 is 1. The van der Waals surface area contributed by atoms with Crippen molar-refractivity contribution in [3.63, 3.8) is 0 Å². The van der Waals surface area contributed by atoms with Gasteiger partial charge in [0, 0.05) is 26.2 Å². The second kappa shape index (κ2) is 6.95. The maximum absolute atomic E-state index is 5.42. The molecule has 0 amide bonds. The predicted octanol–water partition coefficient (Wildman–Crippen LogP) is 3.00. The van der Waals surface area contributed by atoms with Crippen molar-refractivity contribution in [2.75, 3.05) is 33.3 Å². The van der Waals surface area contributed by atoms with Gasteiger partial charge in [-0.1, -0.05) is 42.0 Å². The summed E-state index contributed by atoms with van der Waals surface area (Å²) in [5.41, 5.74) is 3.94. The minimum absolute atomic E-state index is 0.290. The summed E-state index contributed by atoms with van der Waals surface area (Å²) in [6, 6.07) is 17.6. The minimum atomic E-state index is 0.290. The van der Waals surface area contributed by atoms with Gasteiger partial charge in [-0.2, -0.15) is 0 Å². The van der Waals surface area contributed by atoms with Crippen LogP contribution >= 0.6 is 0 Å². The number of ether oxygens (including phenoxy) is 1. The van der Waals surface area contributed by atoms with E-state index in [1.165, 1.54) is 16.7 Å². The maximum atomic E-state index is 5.42. The Kier molecular flexibility index (Phi) is 4.76. The zero-order chi connectivity index (χ0) is 15.4.